The van der Waals surface area contributed by atoms with E-state index in [4.69, 9.17) is 10.2 Å². The van der Waals surface area contributed by atoms with Crippen LogP contribution in [0.1, 0.15) is 47.0 Å². The van der Waals surface area contributed by atoms with Crippen LogP contribution in [0.25, 0.3) is 0 Å². The molecule has 1 amide bonds. The molecule has 0 saturated carbocycles. The predicted octanol–water partition coefficient (Wildman–Crippen LogP) is 1.27. The second kappa shape index (κ2) is 12.3. The van der Waals surface area contributed by atoms with E-state index >= 15 is 0 Å². The van der Waals surface area contributed by atoms with Crippen molar-refractivity contribution in [3.05, 3.63) is 12.2 Å². The molecule has 0 aromatic rings. The molecule has 0 aliphatic heterocycles. The van der Waals surface area contributed by atoms with Crippen LogP contribution in [0.2, 0.25) is 0 Å². The molecule has 0 aromatic carbocycles. The van der Waals surface area contributed by atoms with Gasteiger partial charge in [-0.2, -0.15) is 0 Å². The fraction of sp³-hybridized carbons (Fsp3) is 0.765. The molecule has 0 aliphatic rings. The molecule has 0 saturated heterocycles. The monoisotopic (exact) mass is 375 g/mol. The molecule has 25 heavy (non-hydrogen) atoms. The minimum absolute atomic E-state index is 0.0382. The van der Waals surface area contributed by atoms with Gasteiger partial charge in [0.15, 0.2) is 0 Å². The third-order valence-corrected chi connectivity index (χ3v) is 4.91. The lowest BCUT2D eigenvalue weighted by Crippen LogP contribution is -2.52. The Morgan fingerprint density at radius 2 is 2.00 bits per heavy atom. The van der Waals surface area contributed by atoms with Gasteiger partial charge in [0, 0.05) is 37.3 Å². The van der Waals surface area contributed by atoms with Gasteiger partial charge >= 0.3 is 5.97 Å². The van der Waals surface area contributed by atoms with Crippen molar-refractivity contribution in [2.75, 3.05) is 13.2 Å². The number of nitrogens with two attached hydrogens (primary N) is 1. The fourth-order valence-electron chi connectivity index (χ4n) is 2.19. The molecule has 6 N–H and O–H groups in total. The maximum atomic E-state index is 12.0. The van der Waals surface area contributed by atoms with Gasteiger partial charge in [0.25, 0.3) is 0 Å². The lowest BCUT2D eigenvalue weighted by molar-refractivity contribution is -0.147. The van der Waals surface area contributed by atoms with E-state index in [0.29, 0.717) is 5.92 Å². The quantitative estimate of drug-likeness (QED) is 0.242. The van der Waals surface area contributed by atoms with E-state index in [2.05, 4.69) is 24.5 Å². The van der Waals surface area contributed by atoms with Crippen molar-refractivity contribution in [3.8, 4) is 0 Å². The van der Waals surface area contributed by atoms with E-state index in [1.54, 1.807) is 6.08 Å². The Hall–Kier alpha value is -1.09. The number of hydrogen-bond acceptors (Lipinski definition) is 6. The number of rotatable bonds is 13. The van der Waals surface area contributed by atoms with Crippen LogP contribution in [0.4, 0.5) is 0 Å². The average molecular weight is 376 g/mol. The number of aliphatic carboxylic acids is 1. The zero-order valence-corrected chi connectivity index (χ0v) is 16.4. The van der Waals surface area contributed by atoms with Crippen molar-refractivity contribution in [2.45, 2.75) is 63.8 Å². The Kier molecular flexibility index (Phi) is 11.8. The van der Waals surface area contributed by atoms with Crippen molar-refractivity contribution in [1.82, 2.24) is 10.6 Å². The van der Waals surface area contributed by atoms with Crippen molar-refractivity contribution in [2.24, 2.45) is 11.1 Å². The summed E-state index contributed by atoms with van der Waals surface area (Å²) in [6, 6.07) is 0.121. The summed E-state index contributed by atoms with van der Waals surface area (Å²) in [6.45, 7) is 8.12. The van der Waals surface area contributed by atoms with Crippen LogP contribution in [0.3, 0.4) is 0 Å². The maximum absolute atomic E-state index is 12.0. The largest absolute Gasteiger partial charge is 0.480 e. The number of carbonyl (C=O) groups is 2. The minimum atomic E-state index is -1.46. The van der Waals surface area contributed by atoms with Crippen molar-refractivity contribution >= 4 is 23.8 Å². The number of aliphatic hydroxyl groups is 1. The van der Waals surface area contributed by atoms with Crippen molar-refractivity contribution < 1.29 is 19.8 Å². The van der Waals surface area contributed by atoms with Gasteiger partial charge in [0.1, 0.15) is 5.54 Å². The van der Waals surface area contributed by atoms with Gasteiger partial charge in [0.2, 0.25) is 5.91 Å². The van der Waals surface area contributed by atoms with Gasteiger partial charge < -0.3 is 20.8 Å². The molecule has 0 unspecified atom stereocenters. The predicted molar refractivity (Wildman–Crippen MR) is 102 cm³/mol. The van der Waals surface area contributed by atoms with Crippen LogP contribution in [0.15, 0.2) is 12.2 Å². The molecule has 0 aliphatic carbocycles. The molecule has 0 heterocycles. The highest BCUT2D eigenvalue weighted by atomic mass is 32.2. The van der Waals surface area contributed by atoms with Crippen LogP contribution in [0.5, 0.6) is 0 Å². The Morgan fingerprint density at radius 3 is 2.48 bits per heavy atom. The number of carboxylic acid groups (broad SMARTS) is 1. The summed E-state index contributed by atoms with van der Waals surface area (Å²) in [5.41, 5.74) is -1.46. The molecule has 0 rings (SSSR count). The van der Waals surface area contributed by atoms with Gasteiger partial charge in [-0.1, -0.05) is 51.3 Å². The molecule has 146 valence electrons. The zero-order chi connectivity index (χ0) is 19.5. The number of aliphatic hydroxyl groups excluding tert-OH is 1. The zero-order valence-electron chi connectivity index (χ0n) is 15.6. The van der Waals surface area contributed by atoms with Crippen LogP contribution in [-0.2, 0) is 9.59 Å². The standard InChI is InChI=1S/C17H33N3O4S/c1-5-12(2)14(19-11-13(3)25-18)7-6-8-15(22)20-17(4,9-10-21)16(23)24/h6-7,12-14,19,21H,5,8-11,18H2,1-4H3,(H,20,22)(H,23,24)/t12-,13+,14+,17+/m0/s1. The fourth-order valence-corrected chi connectivity index (χ4v) is 2.38. The molecule has 0 radical (unpaired) electrons. The summed E-state index contributed by atoms with van der Waals surface area (Å²) < 4.78 is 0. The summed E-state index contributed by atoms with van der Waals surface area (Å²) in [6.07, 6.45) is 4.74. The molecule has 0 fully saturated rings. The average Bonchev–Trinajstić information content (AvgIpc) is 2.56. The van der Waals surface area contributed by atoms with Gasteiger partial charge in [-0.15, -0.1) is 0 Å². The highest BCUT2D eigenvalue weighted by molar-refractivity contribution is 7.97. The highest BCUT2D eigenvalue weighted by Gasteiger charge is 2.33. The van der Waals surface area contributed by atoms with Crippen LogP contribution in [0, 0.1) is 5.92 Å². The molecule has 8 heteroatoms. The van der Waals surface area contributed by atoms with E-state index in [0.717, 1.165) is 13.0 Å². The lowest BCUT2D eigenvalue weighted by Gasteiger charge is -2.25. The number of carboxylic acids is 1. The Morgan fingerprint density at radius 1 is 1.36 bits per heavy atom. The molecule has 7 nitrogen and oxygen atoms in total. The molecule has 0 spiro atoms. The first-order chi connectivity index (χ1) is 11.7. The van der Waals surface area contributed by atoms with Gasteiger partial charge in [-0.25, -0.2) is 4.79 Å². The van der Waals surface area contributed by atoms with Crippen LogP contribution < -0.4 is 15.8 Å². The second-order valence-electron chi connectivity index (χ2n) is 6.56. The number of carbonyl (C=O) groups excluding carboxylic acids is 1. The summed E-state index contributed by atoms with van der Waals surface area (Å²) in [4.78, 5) is 23.3. The van der Waals surface area contributed by atoms with E-state index in [1.807, 2.05) is 13.0 Å². The van der Waals surface area contributed by atoms with Gasteiger partial charge in [-0.05, 0) is 12.8 Å². The minimum Gasteiger partial charge on any atom is -0.480 e. The SMILES string of the molecule is CC[C@H](C)[C@@H](C=CCC(=O)N[C@](C)(CCO)C(=O)O)NC[C@@H](C)SN. The topological polar surface area (TPSA) is 125 Å². The Bertz CT molecular complexity index is 448. The van der Waals surface area contributed by atoms with Crippen molar-refractivity contribution in [1.29, 1.82) is 0 Å². The van der Waals surface area contributed by atoms with E-state index in [-0.39, 0.29) is 36.6 Å². The third-order valence-electron chi connectivity index (χ3n) is 4.28. The first-order valence-electron chi connectivity index (χ1n) is 8.61. The van der Waals surface area contributed by atoms with Crippen LogP contribution in [-0.4, -0.2) is 52.1 Å². The van der Waals surface area contributed by atoms with Crippen molar-refractivity contribution in [3.63, 3.8) is 0 Å². The summed E-state index contributed by atoms with van der Waals surface area (Å²) in [7, 11) is 0. The van der Waals surface area contributed by atoms with Gasteiger partial charge in [0.05, 0.1) is 0 Å². The lowest BCUT2D eigenvalue weighted by atomic mass is 9.97. The first-order valence-corrected chi connectivity index (χ1v) is 9.55. The summed E-state index contributed by atoms with van der Waals surface area (Å²) >= 11 is 1.30. The van der Waals surface area contributed by atoms with E-state index in [9.17, 15) is 14.7 Å². The second-order valence-corrected chi connectivity index (χ2v) is 7.63. The molecular formula is C17H33N3O4S. The summed E-state index contributed by atoms with van der Waals surface area (Å²) in [5.74, 6) is -1.15. The van der Waals surface area contributed by atoms with E-state index in [1.165, 1.54) is 18.9 Å². The maximum Gasteiger partial charge on any atom is 0.329 e. The van der Waals surface area contributed by atoms with Gasteiger partial charge in [-0.3, -0.25) is 9.93 Å². The number of hydrogen-bond donors (Lipinski definition) is 5. The first kappa shape index (κ1) is 23.9. The Labute approximate surface area is 154 Å². The third kappa shape index (κ3) is 9.25. The Balaban J connectivity index is 4.69. The molecule has 0 bridgehead atoms. The highest BCUT2D eigenvalue weighted by Crippen LogP contribution is 2.12. The number of amides is 1. The molecular weight excluding hydrogens is 342 g/mol. The summed E-state index contributed by atoms with van der Waals surface area (Å²) in [5, 5.41) is 29.9. The number of nitrogens with one attached hydrogen (secondary N) is 2. The normalized spacial score (nSPS) is 17.7. The van der Waals surface area contributed by atoms with E-state index < -0.39 is 11.5 Å². The smallest absolute Gasteiger partial charge is 0.329 e. The molecule has 0 aromatic heterocycles. The van der Waals surface area contributed by atoms with Crippen LogP contribution >= 0.6 is 11.9 Å². The molecule has 4 atom stereocenters.